The molecule has 5 aromatic carbocycles. The zero-order valence-electron chi connectivity index (χ0n) is 37.7. The van der Waals surface area contributed by atoms with Gasteiger partial charge in [0, 0.05) is 5.56 Å². The van der Waals surface area contributed by atoms with Gasteiger partial charge < -0.3 is 4.74 Å². The minimum Gasteiger partial charge on any atom is -0.422 e. The van der Waals surface area contributed by atoms with E-state index in [2.05, 4.69) is 52.8 Å². The monoisotopic (exact) mass is 1350 g/mol. The van der Waals surface area contributed by atoms with Crippen molar-refractivity contribution in [3.8, 4) is 0 Å². The molecule has 0 N–H and O–H groups in total. The summed E-state index contributed by atoms with van der Waals surface area (Å²) in [4.78, 5) is 28.0. The maximum absolute atomic E-state index is 14.2. The summed E-state index contributed by atoms with van der Waals surface area (Å²) < 4.78 is 346. The molecule has 33 heteroatoms. The van der Waals surface area contributed by atoms with Gasteiger partial charge >= 0.3 is 55.4 Å². The van der Waals surface area contributed by atoms with E-state index in [9.17, 15) is 115 Å². The molecule has 426 valence electrons. The predicted molar refractivity (Wildman–Crippen MR) is 240 cm³/mol. The van der Waals surface area contributed by atoms with E-state index >= 15 is 0 Å². The first kappa shape index (κ1) is 64.0. The molecule has 0 amide bonds. The highest BCUT2D eigenvalue weighted by atomic mass is 80.0. The lowest BCUT2D eigenvalue weighted by molar-refractivity contribution is -0.683. The number of carbonyl (C=O) groups excluding carboxylic acids is 2. The smallest absolute Gasteiger partial charge is 0.416 e. The second-order valence-electron chi connectivity index (χ2n) is 16.5. The standard InChI is InChI=1S/C32H12BF24.C14H10Br3N2O3/c34-25(35,36)13-1-14(26(37,38)39)6-21(5-13)33(22-7-15(27(40,41)42)2-16(8-22)28(43,44)45,23-9-17(29(46,47)48)3-18(10-23)30(49,50)51)24-11-19(31(52,53)54)4-20(12-24)32(55,56)57;15-14(16,17)22-13(21)11-8-19(7-6-18-11)9-12(20)10-4-2-1-3-5-10/h1-12H;1-8H,9H2/q-1;+1. The van der Waals surface area contributed by atoms with Crippen molar-refractivity contribution in [2.24, 2.45) is 0 Å². The maximum atomic E-state index is 14.2. The third-order valence-corrected chi connectivity index (χ3v) is 11.5. The number of nitrogens with zero attached hydrogens (tertiary/aromatic N) is 2. The highest BCUT2D eigenvalue weighted by molar-refractivity contribution is 9.39. The van der Waals surface area contributed by atoms with Crippen molar-refractivity contribution in [2.45, 2.75) is 58.3 Å². The Balaban J connectivity index is 0.000000433. The number of Topliss-reactive ketones (excluding diaryl/α,β-unsaturated/α-hetero) is 1. The number of ketones is 1. The minimum absolute atomic E-state index is 0.0630. The van der Waals surface area contributed by atoms with Crippen molar-refractivity contribution in [3.63, 3.8) is 0 Å². The quantitative estimate of drug-likeness (QED) is 0.0380. The van der Waals surface area contributed by atoms with Crippen LogP contribution in [0.4, 0.5) is 105 Å². The normalized spacial score (nSPS) is 13.4. The number of aromatic nitrogens is 2. The molecule has 0 atom stereocenters. The molecule has 0 saturated carbocycles. The van der Waals surface area contributed by atoms with Crippen LogP contribution in [0.3, 0.4) is 0 Å². The van der Waals surface area contributed by atoms with Crippen molar-refractivity contribution in [2.75, 3.05) is 0 Å². The van der Waals surface area contributed by atoms with Crippen molar-refractivity contribution >= 4 is 87.5 Å². The number of rotatable bonds is 8. The summed E-state index contributed by atoms with van der Waals surface area (Å²) in [6.45, 7) is 0.106. The third kappa shape index (κ3) is 16.0. The van der Waals surface area contributed by atoms with Gasteiger partial charge in [0.05, 0.1) is 50.7 Å². The van der Waals surface area contributed by atoms with Gasteiger partial charge in [-0.25, -0.2) is 9.78 Å². The van der Waals surface area contributed by atoms with E-state index in [1.54, 1.807) is 35.0 Å². The molecule has 0 aliphatic rings. The van der Waals surface area contributed by atoms with Crippen molar-refractivity contribution in [1.82, 2.24) is 4.98 Å². The van der Waals surface area contributed by atoms with E-state index in [1.165, 1.54) is 12.4 Å². The Labute approximate surface area is 450 Å². The molecule has 6 aromatic rings. The summed E-state index contributed by atoms with van der Waals surface area (Å²) in [6, 6.07) is 0.124. The lowest BCUT2D eigenvalue weighted by Crippen LogP contribution is -2.75. The van der Waals surface area contributed by atoms with E-state index in [-0.39, 0.29) is 18.0 Å². The van der Waals surface area contributed by atoms with E-state index in [0.717, 1.165) is 0 Å². The molecule has 1 aromatic heterocycles. The van der Waals surface area contributed by atoms with Gasteiger partial charge in [-0.05, 0) is 72.1 Å². The molecular weight excluding hydrogens is 1330 g/mol. The van der Waals surface area contributed by atoms with E-state index in [1.807, 2.05) is 6.07 Å². The fourth-order valence-corrected chi connectivity index (χ4v) is 8.19. The molecule has 0 bridgehead atoms. The minimum atomic E-state index is -6.13. The molecule has 0 aliphatic heterocycles. The Kier molecular flexibility index (Phi) is 18.0. The predicted octanol–water partition coefficient (Wildman–Crippen LogP) is 14.4. The topological polar surface area (TPSA) is 60.1 Å². The molecule has 5 nitrogen and oxygen atoms in total. The lowest BCUT2D eigenvalue weighted by atomic mass is 9.12. The summed E-state index contributed by atoms with van der Waals surface area (Å²) in [5.41, 5.74) is -29.5. The van der Waals surface area contributed by atoms with Crippen LogP contribution in [0.2, 0.25) is 0 Å². The fourth-order valence-electron chi connectivity index (χ4n) is 7.75. The van der Waals surface area contributed by atoms with Gasteiger partial charge in [-0.15, -0.1) is 0 Å². The lowest BCUT2D eigenvalue weighted by Gasteiger charge is -2.46. The van der Waals surface area contributed by atoms with Gasteiger partial charge in [0.2, 0.25) is 24.2 Å². The van der Waals surface area contributed by atoms with Crippen LogP contribution in [0.5, 0.6) is 0 Å². The Morgan fingerprint density at radius 2 is 0.696 bits per heavy atom. The molecule has 6 rings (SSSR count). The molecule has 0 spiro atoms. The highest BCUT2D eigenvalue weighted by Gasteiger charge is 2.47. The van der Waals surface area contributed by atoms with Crippen LogP contribution in [-0.4, -0.2) is 25.2 Å². The molecule has 0 fully saturated rings. The van der Waals surface area contributed by atoms with Crippen LogP contribution >= 0.6 is 47.8 Å². The number of hydrogen-bond donors (Lipinski definition) is 0. The first-order chi connectivity index (χ1) is 35.6. The maximum Gasteiger partial charge on any atom is 0.416 e. The first-order valence-corrected chi connectivity index (χ1v) is 23.1. The van der Waals surface area contributed by atoms with Crippen LogP contribution in [0.15, 0.2) is 122 Å². The summed E-state index contributed by atoms with van der Waals surface area (Å²) in [5.74, 6) is -0.709. The fraction of sp³-hybridized carbons (Fsp3) is 0.217. The summed E-state index contributed by atoms with van der Waals surface area (Å²) >= 11 is 9.20. The highest BCUT2D eigenvalue weighted by Crippen LogP contribution is 2.42. The summed E-state index contributed by atoms with van der Waals surface area (Å²) in [6.07, 6.45) is -50.3. The Bertz CT molecular complexity index is 2780. The molecular formula is C46H22BBr3F24N2O3. The molecule has 0 radical (unpaired) electrons. The molecule has 0 saturated heterocycles. The summed E-state index contributed by atoms with van der Waals surface area (Å²) in [5, 5.41) is 0. The second-order valence-corrected chi connectivity index (χ2v) is 23.0. The number of benzene rings is 5. The van der Waals surface area contributed by atoms with E-state index < -0.39 is 203 Å². The SMILES string of the molecule is FC(F)(F)c1cc([B-](c2cc(C(F)(F)F)cc(C(F)(F)F)c2)(c2cc(C(F)(F)F)cc(C(F)(F)F)c2)c2cc(C(F)(F)F)cc(C(F)(F)F)c2)cc(C(F)(F)F)c1.O=C(C[n+]1ccnc(C(=O)OC(Br)(Br)Br)c1)c1ccccc1. The number of ether oxygens (including phenoxy) is 1. The molecule has 79 heavy (non-hydrogen) atoms. The number of alkyl halides is 27. The van der Waals surface area contributed by atoms with Gasteiger partial charge in [-0.3, -0.25) is 4.79 Å². The van der Waals surface area contributed by atoms with E-state index in [0.29, 0.717) is 5.56 Å². The number of esters is 1. The number of carbonyl (C=O) groups is 2. The van der Waals surface area contributed by atoms with Crippen LogP contribution < -0.4 is 26.4 Å². The van der Waals surface area contributed by atoms with Gasteiger partial charge in [0.25, 0.3) is 2.33 Å². The number of hydrogen-bond acceptors (Lipinski definition) is 4. The Morgan fingerprint density at radius 1 is 0.430 bits per heavy atom. The molecule has 1 heterocycles. The second kappa shape index (κ2) is 22.2. The van der Waals surface area contributed by atoms with Crippen molar-refractivity contribution in [3.05, 3.63) is 177 Å². The van der Waals surface area contributed by atoms with Gasteiger partial charge in [-0.1, -0.05) is 78.9 Å². The van der Waals surface area contributed by atoms with Gasteiger partial charge in [0.1, 0.15) is 6.15 Å². The van der Waals surface area contributed by atoms with Crippen molar-refractivity contribution < 1.29 is 124 Å². The molecule has 0 aliphatic carbocycles. The zero-order valence-corrected chi connectivity index (χ0v) is 42.4. The van der Waals surface area contributed by atoms with Gasteiger partial charge in [0.15, 0.2) is 6.20 Å². The van der Waals surface area contributed by atoms with Crippen LogP contribution in [0.1, 0.15) is 65.4 Å². The van der Waals surface area contributed by atoms with Crippen molar-refractivity contribution in [1.29, 1.82) is 0 Å². The van der Waals surface area contributed by atoms with Crippen LogP contribution in [-0.2, 0) is 60.7 Å². The van der Waals surface area contributed by atoms with Crippen LogP contribution in [0, 0.1) is 0 Å². The zero-order chi connectivity index (χ0) is 60.1. The average Bonchev–Trinajstić information content (AvgIpc) is 3.31. The third-order valence-electron chi connectivity index (χ3n) is 11.0. The van der Waals surface area contributed by atoms with E-state index in [4.69, 9.17) is 4.74 Å². The van der Waals surface area contributed by atoms with Gasteiger partial charge in [-0.2, -0.15) is 132 Å². The first-order valence-electron chi connectivity index (χ1n) is 20.7. The summed E-state index contributed by atoms with van der Waals surface area (Å²) in [7, 11) is 0. The average molecular weight is 1360 g/mol. The Morgan fingerprint density at radius 3 is 0.937 bits per heavy atom. The molecule has 0 unspecified atom stereocenters. The largest absolute Gasteiger partial charge is 0.422 e. The Hall–Kier alpha value is -5.86. The number of halogens is 27. The van der Waals surface area contributed by atoms with Crippen LogP contribution in [0.25, 0.3) is 0 Å².